The second kappa shape index (κ2) is 13.6. The van der Waals surface area contributed by atoms with Gasteiger partial charge in [-0.3, -0.25) is 19.2 Å². The van der Waals surface area contributed by atoms with Gasteiger partial charge in [0.05, 0.1) is 6.04 Å². The van der Waals surface area contributed by atoms with Gasteiger partial charge in [0, 0.05) is 29.9 Å². The van der Waals surface area contributed by atoms with Crippen molar-refractivity contribution >= 4 is 40.6 Å². The Morgan fingerprint density at radius 2 is 1.50 bits per heavy atom. The zero-order valence-corrected chi connectivity index (χ0v) is 22.0. The van der Waals surface area contributed by atoms with Crippen LogP contribution in [0.2, 0.25) is 0 Å². The molecule has 208 valence electrons. The van der Waals surface area contributed by atoms with Crippen LogP contribution in [0.1, 0.15) is 46.1 Å². The second-order valence-corrected chi connectivity index (χ2v) is 9.96. The lowest BCUT2D eigenvalue weighted by atomic mass is 9.99. The second-order valence-electron chi connectivity index (χ2n) is 9.96. The van der Waals surface area contributed by atoms with Crippen LogP contribution in [0, 0.1) is 11.8 Å². The zero-order valence-electron chi connectivity index (χ0n) is 22.0. The molecule has 1 aromatic carbocycles. The molecule has 2 rings (SSSR count). The summed E-state index contributed by atoms with van der Waals surface area (Å²) in [6.07, 6.45) is 1.08. The molecule has 1 heterocycles. The number of carbonyl (C=O) groups is 5. The lowest BCUT2D eigenvalue weighted by molar-refractivity contribution is -0.143. The molecule has 0 aliphatic rings. The first kappa shape index (κ1) is 30.3. The summed E-state index contributed by atoms with van der Waals surface area (Å²) in [4.78, 5) is 64.7. The normalized spacial score (nSPS) is 14.5. The Morgan fingerprint density at radius 3 is 2.08 bits per heavy atom. The van der Waals surface area contributed by atoms with Crippen molar-refractivity contribution in [2.75, 3.05) is 0 Å². The Hall–Kier alpha value is -3.93. The molecule has 1 aromatic heterocycles. The van der Waals surface area contributed by atoms with E-state index in [-0.39, 0.29) is 18.8 Å². The summed E-state index contributed by atoms with van der Waals surface area (Å²) < 4.78 is 0. The fraction of sp³-hybridized carbons (Fsp3) is 0.500. The highest BCUT2D eigenvalue weighted by Crippen LogP contribution is 2.19. The van der Waals surface area contributed by atoms with Gasteiger partial charge in [-0.05, 0) is 29.9 Å². The molecule has 4 unspecified atom stereocenters. The highest BCUT2D eigenvalue weighted by Gasteiger charge is 2.32. The number of aliphatic carboxylic acids is 2. The smallest absolute Gasteiger partial charge is 0.326 e. The Bertz CT molecular complexity index is 1160. The van der Waals surface area contributed by atoms with Crippen LogP contribution in [0.4, 0.5) is 0 Å². The Kier molecular flexibility index (Phi) is 10.8. The number of amides is 3. The number of H-pyrrole nitrogens is 1. The monoisotopic (exact) mass is 531 g/mol. The van der Waals surface area contributed by atoms with Crippen molar-refractivity contribution in [2.24, 2.45) is 17.6 Å². The van der Waals surface area contributed by atoms with Gasteiger partial charge in [0.2, 0.25) is 17.7 Å². The van der Waals surface area contributed by atoms with Gasteiger partial charge in [0.1, 0.15) is 18.1 Å². The van der Waals surface area contributed by atoms with Crippen LogP contribution in [-0.2, 0) is 30.4 Å². The quantitative estimate of drug-likeness (QED) is 0.185. The molecule has 8 N–H and O–H groups in total. The number of nitrogens with one attached hydrogen (secondary N) is 4. The van der Waals surface area contributed by atoms with Crippen molar-refractivity contribution in [1.29, 1.82) is 0 Å². The number of carbonyl (C=O) groups excluding carboxylic acids is 3. The van der Waals surface area contributed by atoms with E-state index in [1.165, 1.54) is 0 Å². The van der Waals surface area contributed by atoms with Crippen molar-refractivity contribution in [3.05, 3.63) is 36.0 Å². The first-order chi connectivity index (χ1) is 17.8. The van der Waals surface area contributed by atoms with Gasteiger partial charge in [-0.2, -0.15) is 0 Å². The van der Waals surface area contributed by atoms with Crippen molar-refractivity contribution < 1.29 is 34.2 Å². The van der Waals surface area contributed by atoms with E-state index in [1.807, 2.05) is 24.3 Å². The third kappa shape index (κ3) is 8.30. The van der Waals surface area contributed by atoms with Crippen LogP contribution in [0.15, 0.2) is 30.5 Å². The van der Waals surface area contributed by atoms with E-state index in [1.54, 1.807) is 33.9 Å². The maximum atomic E-state index is 13.4. The van der Waals surface area contributed by atoms with Crippen LogP contribution in [0.3, 0.4) is 0 Å². The standard InChI is InChI=1S/C26H37N5O7/c1-13(2)21(27)24(35)30-19(11-15-12-28-17-8-6-5-7-16(15)17)23(34)31-22(14(3)4)25(36)29-18(26(37)38)9-10-20(32)33/h5-8,12-14,18-19,21-22,28H,9-11,27H2,1-4H3,(H,29,36)(H,30,35)(H,31,34)(H,32,33)(H,37,38). The molecule has 12 heteroatoms. The first-order valence-corrected chi connectivity index (χ1v) is 12.5. The number of hydrogen-bond donors (Lipinski definition) is 7. The molecule has 0 aliphatic heterocycles. The molecule has 38 heavy (non-hydrogen) atoms. The van der Waals surface area contributed by atoms with Crippen LogP contribution >= 0.6 is 0 Å². The summed E-state index contributed by atoms with van der Waals surface area (Å²) in [6.45, 7) is 6.89. The van der Waals surface area contributed by atoms with Crippen molar-refractivity contribution in [3.8, 4) is 0 Å². The lowest BCUT2D eigenvalue weighted by Gasteiger charge is -2.27. The highest BCUT2D eigenvalue weighted by molar-refractivity contribution is 5.95. The predicted octanol–water partition coefficient (Wildman–Crippen LogP) is 0.754. The fourth-order valence-electron chi connectivity index (χ4n) is 3.88. The molecule has 0 aliphatic carbocycles. The summed E-state index contributed by atoms with van der Waals surface area (Å²) in [5.74, 6) is -5.16. The number of rotatable bonds is 14. The van der Waals surface area contributed by atoms with Crippen LogP contribution in [-0.4, -0.2) is 69.0 Å². The minimum absolute atomic E-state index is 0.106. The topological polar surface area (TPSA) is 204 Å². The van der Waals surface area contributed by atoms with E-state index in [2.05, 4.69) is 20.9 Å². The van der Waals surface area contributed by atoms with E-state index in [4.69, 9.17) is 10.8 Å². The number of benzene rings is 1. The first-order valence-electron chi connectivity index (χ1n) is 12.5. The van der Waals surface area contributed by atoms with Crippen LogP contribution < -0.4 is 21.7 Å². The van der Waals surface area contributed by atoms with Crippen molar-refractivity contribution in [1.82, 2.24) is 20.9 Å². The lowest BCUT2D eigenvalue weighted by Crippen LogP contribution is -2.59. The molecule has 2 aromatic rings. The zero-order chi connectivity index (χ0) is 28.6. The van der Waals surface area contributed by atoms with E-state index >= 15 is 0 Å². The van der Waals surface area contributed by atoms with Gasteiger partial charge in [0.25, 0.3) is 0 Å². The number of para-hydroxylation sites is 1. The average Bonchev–Trinajstić information content (AvgIpc) is 3.25. The average molecular weight is 532 g/mol. The summed E-state index contributed by atoms with van der Waals surface area (Å²) in [5.41, 5.74) is 7.61. The predicted molar refractivity (Wildman–Crippen MR) is 140 cm³/mol. The van der Waals surface area contributed by atoms with Gasteiger partial charge < -0.3 is 36.9 Å². The van der Waals surface area contributed by atoms with Crippen LogP contribution in [0.25, 0.3) is 10.9 Å². The van der Waals surface area contributed by atoms with Gasteiger partial charge in [-0.25, -0.2) is 4.79 Å². The summed E-state index contributed by atoms with van der Waals surface area (Å²) >= 11 is 0. The largest absolute Gasteiger partial charge is 0.481 e. The number of fused-ring (bicyclic) bond motifs is 1. The Balaban J connectivity index is 2.27. The molecule has 3 amide bonds. The minimum Gasteiger partial charge on any atom is -0.481 e. The third-order valence-electron chi connectivity index (χ3n) is 6.26. The van der Waals surface area contributed by atoms with E-state index in [0.717, 1.165) is 16.5 Å². The number of hydrogen-bond acceptors (Lipinski definition) is 6. The van der Waals surface area contributed by atoms with E-state index in [0.29, 0.717) is 0 Å². The van der Waals surface area contributed by atoms with Crippen LogP contribution in [0.5, 0.6) is 0 Å². The van der Waals surface area contributed by atoms with E-state index in [9.17, 15) is 29.1 Å². The number of aromatic nitrogens is 1. The maximum absolute atomic E-state index is 13.4. The maximum Gasteiger partial charge on any atom is 0.326 e. The van der Waals surface area contributed by atoms with Gasteiger partial charge in [0.15, 0.2) is 0 Å². The number of aromatic amines is 1. The molecule has 4 atom stereocenters. The molecule has 0 saturated carbocycles. The van der Waals surface area contributed by atoms with Crippen molar-refractivity contribution in [3.63, 3.8) is 0 Å². The molecule has 0 fully saturated rings. The summed E-state index contributed by atoms with van der Waals surface area (Å²) in [6, 6.07) is 2.95. The van der Waals surface area contributed by atoms with Gasteiger partial charge in [-0.1, -0.05) is 45.9 Å². The molecule has 0 spiro atoms. The van der Waals surface area contributed by atoms with Gasteiger partial charge in [-0.15, -0.1) is 0 Å². The Labute approximate surface area is 220 Å². The molecule has 0 radical (unpaired) electrons. The van der Waals surface area contributed by atoms with E-state index < -0.39 is 66.2 Å². The summed E-state index contributed by atoms with van der Waals surface area (Å²) in [7, 11) is 0. The fourth-order valence-corrected chi connectivity index (χ4v) is 3.88. The molecular formula is C26H37N5O7. The summed E-state index contributed by atoms with van der Waals surface area (Å²) in [5, 5.41) is 26.8. The molecule has 12 nitrogen and oxygen atoms in total. The number of carboxylic acid groups (broad SMARTS) is 2. The highest BCUT2D eigenvalue weighted by atomic mass is 16.4. The minimum atomic E-state index is -1.44. The number of carboxylic acids is 2. The molecular weight excluding hydrogens is 494 g/mol. The Morgan fingerprint density at radius 1 is 0.868 bits per heavy atom. The SMILES string of the molecule is CC(C)C(N)C(=O)NC(Cc1c[nH]c2ccccc12)C(=O)NC(C(=O)NC(CCC(=O)O)C(=O)O)C(C)C. The third-order valence-corrected chi connectivity index (χ3v) is 6.26. The van der Waals surface area contributed by atoms with Crippen molar-refractivity contribution in [2.45, 2.75) is 71.1 Å². The number of nitrogens with two attached hydrogens (primary N) is 1. The molecule has 0 saturated heterocycles. The molecule has 0 bridgehead atoms. The van der Waals surface area contributed by atoms with Gasteiger partial charge >= 0.3 is 11.9 Å².